The highest BCUT2D eigenvalue weighted by molar-refractivity contribution is 5.95. The summed E-state index contributed by atoms with van der Waals surface area (Å²) in [7, 11) is 0. The molecule has 1 N–H and O–H groups in total. The third kappa shape index (κ3) is 3.42. The highest BCUT2D eigenvalue weighted by Crippen LogP contribution is 2.27. The molecule has 0 spiro atoms. The lowest BCUT2D eigenvalue weighted by molar-refractivity contribution is -0.129. The van der Waals surface area contributed by atoms with Gasteiger partial charge < -0.3 is 0 Å². The lowest BCUT2D eigenvalue weighted by Gasteiger charge is -2.18. The first-order valence-electron chi connectivity index (χ1n) is 7.92. The van der Waals surface area contributed by atoms with Gasteiger partial charge in [-0.15, -0.1) is 0 Å². The summed E-state index contributed by atoms with van der Waals surface area (Å²) in [4.78, 5) is 24.3. The van der Waals surface area contributed by atoms with Crippen LogP contribution in [-0.4, -0.2) is 23.4 Å². The maximum atomic E-state index is 12.2. The van der Waals surface area contributed by atoms with E-state index in [9.17, 15) is 9.59 Å². The molecule has 2 amide bonds. The summed E-state index contributed by atoms with van der Waals surface area (Å²) in [6.45, 7) is 2.64. The van der Waals surface area contributed by atoms with Crippen LogP contribution < -0.4 is 5.43 Å². The molecule has 0 aliphatic carbocycles. The zero-order valence-corrected chi connectivity index (χ0v) is 13.2. The van der Waals surface area contributed by atoms with Gasteiger partial charge in [-0.1, -0.05) is 49.4 Å². The molecular weight excluding hydrogens is 288 g/mol. The Kier molecular flexibility index (Phi) is 4.42. The average Bonchev–Trinajstić information content (AvgIpc) is 2.96. The van der Waals surface area contributed by atoms with E-state index in [2.05, 4.69) is 36.6 Å². The van der Waals surface area contributed by atoms with Crippen LogP contribution in [0.25, 0.3) is 0 Å². The number of rotatable bonds is 4. The standard InChI is InChI=1S/C19H20N2O2/c1-2-14-8-10-15(11-9-14)17-12-18(22)21(13-17)20-19(23)16-6-4-3-5-7-16/h3-11,17H,2,12-13H2,1H3,(H,20,23). The molecule has 0 saturated carbocycles. The Morgan fingerprint density at radius 3 is 2.48 bits per heavy atom. The number of hydrogen-bond acceptors (Lipinski definition) is 2. The van der Waals surface area contributed by atoms with E-state index < -0.39 is 0 Å². The van der Waals surface area contributed by atoms with Gasteiger partial charge in [0.15, 0.2) is 0 Å². The van der Waals surface area contributed by atoms with Crippen LogP contribution in [0.15, 0.2) is 54.6 Å². The fourth-order valence-electron chi connectivity index (χ4n) is 2.84. The number of benzene rings is 2. The van der Waals surface area contributed by atoms with Crippen molar-refractivity contribution in [2.45, 2.75) is 25.7 Å². The van der Waals surface area contributed by atoms with E-state index in [0.717, 1.165) is 12.0 Å². The van der Waals surface area contributed by atoms with Crippen LogP contribution in [0, 0.1) is 0 Å². The summed E-state index contributed by atoms with van der Waals surface area (Å²) in [5.74, 6) is -0.163. The van der Waals surface area contributed by atoms with Gasteiger partial charge in [-0.3, -0.25) is 20.0 Å². The summed E-state index contributed by atoms with van der Waals surface area (Å²) < 4.78 is 0. The van der Waals surface area contributed by atoms with Gasteiger partial charge in [0.25, 0.3) is 5.91 Å². The van der Waals surface area contributed by atoms with Crippen molar-refractivity contribution < 1.29 is 9.59 Å². The summed E-state index contributed by atoms with van der Waals surface area (Å²) in [5.41, 5.74) is 5.69. The van der Waals surface area contributed by atoms with Gasteiger partial charge in [-0.2, -0.15) is 0 Å². The van der Waals surface area contributed by atoms with Crippen LogP contribution in [0.1, 0.15) is 40.7 Å². The minimum absolute atomic E-state index is 0.0427. The largest absolute Gasteiger partial charge is 0.273 e. The third-order valence-electron chi connectivity index (χ3n) is 4.26. The van der Waals surface area contributed by atoms with E-state index in [1.165, 1.54) is 10.6 Å². The van der Waals surface area contributed by atoms with Gasteiger partial charge in [0.2, 0.25) is 5.91 Å². The molecule has 3 rings (SSSR count). The van der Waals surface area contributed by atoms with E-state index >= 15 is 0 Å². The Hall–Kier alpha value is -2.62. The molecular formula is C19H20N2O2. The molecule has 2 aromatic rings. The molecule has 4 heteroatoms. The van der Waals surface area contributed by atoms with Gasteiger partial charge in [0.1, 0.15) is 0 Å². The molecule has 1 aliphatic rings. The first kappa shape index (κ1) is 15.3. The molecule has 23 heavy (non-hydrogen) atoms. The van der Waals surface area contributed by atoms with Crippen molar-refractivity contribution in [1.82, 2.24) is 10.4 Å². The lowest BCUT2D eigenvalue weighted by Crippen LogP contribution is -2.43. The molecule has 1 saturated heterocycles. The van der Waals surface area contributed by atoms with Crippen molar-refractivity contribution in [2.75, 3.05) is 6.54 Å². The van der Waals surface area contributed by atoms with E-state index in [1.54, 1.807) is 24.3 Å². The second-order valence-electron chi connectivity index (χ2n) is 5.81. The molecule has 1 aliphatic heterocycles. The number of aryl methyl sites for hydroxylation is 1. The smallest absolute Gasteiger partial charge is 0.269 e. The van der Waals surface area contributed by atoms with Crippen LogP contribution >= 0.6 is 0 Å². The molecule has 4 nitrogen and oxygen atoms in total. The fourth-order valence-corrected chi connectivity index (χ4v) is 2.84. The molecule has 1 atom stereocenters. The number of carbonyl (C=O) groups excluding carboxylic acids is 2. The van der Waals surface area contributed by atoms with Crippen LogP contribution in [0.4, 0.5) is 0 Å². The number of hydrazine groups is 1. The molecule has 1 heterocycles. The zero-order valence-electron chi connectivity index (χ0n) is 13.2. The van der Waals surface area contributed by atoms with Crippen molar-refractivity contribution in [3.05, 3.63) is 71.3 Å². The predicted octanol–water partition coefficient (Wildman–Crippen LogP) is 2.91. The van der Waals surface area contributed by atoms with Crippen LogP contribution in [0.2, 0.25) is 0 Å². The molecule has 0 bridgehead atoms. The van der Waals surface area contributed by atoms with Crippen molar-refractivity contribution >= 4 is 11.8 Å². The first-order valence-corrected chi connectivity index (χ1v) is 7.92. The molecule has 1 unspecified atom stereocenters. The van der Waals surface area contributed by atoms with E-state index in [1.807, 2.05) is 6.07 Å². The van der Waals surface area contributed by atoms with Crippen molar-refractivity contribution in [2.24, 2.45) is 0 Å². The van der Waals surface area contributed by atoms with Crippen LogP contribution in [-0.2, 0) is 11.2 Å². The Morgan fingerprint density at radius 1 is 1.13 bits per heavy atom. The predicted molar refractivity (Wildman–Crippen MR) is 88.8 cm³/mol. The highest BCUT2D eigenvalue weighted by Gasteiger charge is 2.31. The average molecular weight is 308 g/mol. The number of carbonyl (C=O) groups is 2. The lowest BCUT2D eigenvalue weighted by atomic mass is 9.97. The van der Waals surface area contributed by atoms with Gasteiger partial charge >= 0.3 is 0 Å². The maximum Gasteiger partial charge on any atom is 0.269 e. The molecule has 1 fully saturated rings. The van der Waals surface area contributed by atoms with Gasteiger partial charge in [-0.05, 0) is 29.7 Å². The summed E-state index contributed by atoms with van der Waals surface area (Å²) >= 11 is 0. The highest BCUT2D eigenvalue weighted by atomic mass is 16.2. The Bertz CT molecular complexity index is 695. The second kappa shape index (κ2) is 6.65. The minimum Gasteiger partial charge on any atom is -0.273 e. The second-order valence-corrected chi connectivity index (χ2v) is 5.81. The summed E-state index contributed by atoms with van der Waals surface area (Å²) in [6, 6.07) is 17.3. The normalized spacial score (nSPS) is 17.3. The van der Waals surface area contributed by atoms with Crippen molar-refractivity contribution in [3.63, 3.8) is 0 Å². The number of nitrogens with zero attached hydrogens (tertiary/aromatic N) is 1. The summed E-state index contributed by atoms with van der Waals surface area (Å²) in [5, 5.41) is 1.44. The third-order valence-corrected chi connectivity index (χ3v) is 4.26. The fraction of sp³-hybridized carbons (Fsp3) is 0.263. The maximum absolute atomic E-state index is 12.2. The molecule has 2 aromatic carbocycles. The van der Waals surface area contributed by atoms with E-state index in [0.29, 0.717) is 18.5 Å². The molecule has 118 valence electrons. The van der Waals surface area contributed by atoms with E-state index in [-0.39, 0.29) is 17.7 Å². The SMILES string of the molecule is CCc1ccc(C2CC(=O)N(NC(=O)c3ccccc3)C2)cc1. The Balaban J connectivity index is 1.66. The monoisotopic (exact) mass is 308 g/mol. The Labute approximate surface area is 136 Å². The van der Waals surface area contributed by atoms with Crippen molar-refractivity contribution in [3.8, 4) is 0 Å². The minimum atomic E-state index is -0.249. The Morgan fingerprint density at radius 2 is 1.83 bits per heavy atom. The topological polar surface area (TPSA) is 49.4 Å². The first-order chi connectivity index (χ1) is 11.2. The van der Waals surface area contributed by atoms with Gasteiger partial charge in [0.05, 0.1) is 0 Å². The zero-order chi connectivity index (χ0) is 16.2. The number of nitrogens with one attached hydrogen (secondary N) is 1. The molecule has 0 aromatic heterocycles. The number of amides is 2. The number of hydrogen-bond donors (Lipinski definition) is 1. The van der Waals surface area contributed by atoms with Crippen LogP contribution in [0.3, 0.4) is 0 Å². The quantitative estimate of drug-likeness (QED) is 0.944. The van der Waals surface area contributed by atoms with Gasteiger partial charge in [-0.25, -0.2) is 0 Å². The van der Waals surface area contributed by atoms with E-state index in [4.69, 9.17) is 0 Å². The van der Waals surface area contributed by atoms with Crippen LogP contribution in [0.5, 0.6) is 0 Å². The molecule has 0 radical (unpaired) electrons. The van der Waals surface area contributed by atoms with Gasteiger partial charge in [0, 0.05) is 24.4 Å². The van der Waals surface area contributed by atoms with Crippen molar-refractivity contribution in [1.29, 1.82) is 0 Å². The summed E-state index contributed by atoms with van der Waals surface area (Å²) in [6.07, 6.45) is 1.43.